The van der Waals surface area contributed by atoms with E-state index in [1.807, 2.05) is 0 Å². The van der Waals surface area contributed by atoms with E-state index in [4.69, 9.17) is 5.73 Å². The fraction of sp³-hybridized carbons (Fsp3) is 0.0556. The molecule has 4 aromatic rings. The molecule has 0 bridgehead atoms. The summed E-state index contributed by atoms with van der Waals surface area (Å²) in [5.41, 5.74) is 7.46. The van der Waals surface area contributed by atoms with Gasteiger partial charge in [-0.3, -0.25) is 9.89 Å². The molecule has 0 aliphatic rings. The summed E-state index contributed by atoms with van der Waals surface area (Å²) in [6.07, 6.45) is 1.46. The van der Waals surface area contributed by atoms with Gasteiger partial charge in [-0.1, -0.05) is 24.3 Å². The van der Waals surface area contributed by atoms with E-state index in [0.29, 0.717) is 34.5 Å². The van der Waals surface area contributed by atoms with Crippen molar-refractivity contribution >= 4 is 22.6 Å². The van der Waals surface area contributed by atoms with Crippen LogP contribution in [0.2, 0.25) is 0 Å². The third-order valence-electron chi connectivity index (χ3n) is 4.00. The molecule has 0 radical (unpaired) electrons. The van der Waals surface area contributed by atoms with Gasteiger partial charge in [0.1, 0.15) is 17.3 Å². The number of H-pyrrole nitrogens is 1. The molecular formula is C18H14FN7O. The fourth-order valence-corrected chi connectivity index (χ4v) is 2.75. The Balaban J connectivity index is 1.64. The zero-order chi connectivity index (χ0) is 18.8. The second-order valence-corrected chi connectivity index (χ2v) is 5.81. The summed E-state index contributed by atoms with van der Waals surface area (Å²) in [7, 11) is 0. The monoisotopic (exact) mass is 363 g/mol. The average Bonchev–Trinajstić information content (AvgIpc) is 3.11. The number of halogens is 1. The normalized spacial score (nSPS) is 10.9. The summed E-state index contributed by atoms with van der Waals surface area (Å²) in [6.45, 7) is 0.378. The molecule has 0 spiro atoms. The highest BCUT2D eigenvalue weighted by molar-refractivity contribution is 6.07. The first-order chi connectivity index (χ1) is 13.1. The molecule has 2 heterocycles. The summed E-state index contributed by atoms with van der Waals surface area (Å²) in [6, 6.07) is 11.4. The second kappa shape index (κ2) is 6.79. The Bertz CT molecular complexity index is 1140. The molecule has 0 aliphatic heterocycles. The van der Waals surface area contributed by atoms with E-state index >= 15 is 0 Å². The molecule has 134 valence electrons. The van der Waals surface area contributed by atoms with Gasteiger partial charge in [0.25, 0.3) is 5.91 Å². The van der Waals surface area contributed by atoms with E-state index in [0.717, 1.165) is 5.56 Å². The number of fused-ring (bicyclic) bond motifs is 1. The Labute approximate surface area is 152 Å². The molecule has 8 nitrogen and oxygen atoms in total. The van der Waals surface area contributed by atoms with E-state index in [1.165, 1.54) is 18.3 Å². The largest absolute Gasteiger partial charge is 0.366 e. The molecule has 0 saturated carbocycles. The van der Waals surface area contributed by atoms with Gasteiger partial charge in [0.05, 0.1) is 17.3 Å². The van der Waals surface area contributed by atoms with Gasteiger partial charge in [0.2, 0.25) is 5.82 Å². The number of hydrogen-bond acceptors (Lipinski definition) is 6. The van der Waals surface area contributed by atoms with Gasteiger partial charge in [-0.05, 0) is 23.8 Å². The smallest absolute Gasteiger partial charge is 0.250 e. The maximum atomic E-state index is 13.3. The molecule has 4 rings (SSSR count). The van der Waals surface area contributed by atoms with Crippen LogP contribution in [0.5, 0.6) is 0 Å². The van der Waals surface area contributed by atoms with E-state index in [2.05, 4.69) is 30.7 Å². The number of anilines is 1. The Morgan fingerprint density at radius 3 is 2.89 bits per heavy atom. The van der Waals surface area contributed by atoms with Crippen LogP contribution in [0.4, 0.5) is 10.2 Å². The molecule has 0 saturated heterocycles. The van der Waals surface area contributed by atoms with E-state index in [-0.39, 0.29) is 11.6 Å². The summed E-state index contributed by atoms with van der Waals surface area (Å²) in [5, 5.41) is 18.7. The van der Waals surface area contributed by atoms with Crippen LogP contribution in [0.3, 0.4) is 0 Å². The predicted octanol–water partition coefficient (Wildman–Crippen LogP) is 2.26. The van der Waals surface area contributed by atoms with Crippen LogP contribution in [0, 0.1) is 5.82 Å². The van der Waals surface area contributed by atoms with Crippen molar-refractivity contribution in [3.05, 3.63) is 65.6 Å². The molecule has 0 atom stereocenters. The number of aromatic amines is 1. The van der Waals surface area contributed by atoms with Gasteiger partial charge in [0, 0.05) is 11.9 Å². The van der Waals surface area contributed by atoms with Crippen LogP contribution < -0.4 is 11.1 Å². The van der Waals surface area contributed by atoms with Crippen LogP contribution in [0.1, 0.15) is 15.9 Å². The summed E-state index contributed by atoms with van der Waals surface area (Å²) in [4.78, 5) is 16.0. The van der Waals surface area contributed by atoms with Gasteiger partial charge in [-0.15, -0.1) is 5.10 Å². The molecule has 2 aromatic heterocycles. The lowest BCUT2D eigenvalue weighted by Gasteiger charge is -2.06. The zero-order valence-corrected chi connectivity index (χ0v) is 14.0. The molecule has 1 amide bonds. The number of carbonyl (C=O) groups excluding carboxylic acids is 1. The van der Waals surface area contributed by atoms with Crippen LogP contribution in [0.25, 0.3) is 22.4 Å². The van der Waals surface area contributed by atoms with Crippen molar-refractivity contribution in [2.24, 2.45) is 5.73 Å². The molecule has 0 fully saturated rings. The minimum Gasteiger partial charge on any atom is -0.366 e. The number of para-hydroxylation sites is 1. The highest BCUT2D eigenvalue weighted by Gasteiger charge is 2.16. The quantitative estimate of drug-likeness (QED) is 0.500. The molecule has 0 aliphatic carbocycles. The lowest BCUT2D eigenvalue weighted by molar-refractivity contribution is 0.100. The maximum Gasteiger partial charge on any atom is 0.250 e. The third kappa shape index (κ3) is 3.30. The summed E-state index contributed by atoms with van der Waals surface area (Å²) in [5.74, 6) is -0.108. The highest BCUT2D eigenvalue weighted by Crippen LogP contribution is 2.26. The Kier molecular flexibility index (Phi) is 4.17. The van der Waals surface area contributed by atoms with Crippen LogP contribution >= 0.6 is 0 Å². The number of nitrogens with one attached hydrogen (secondary N) is 2. The van der Waals surface area contributed by atoms with Gasteiger partial charge in [0.15, 0.2) is 0 Å². The second-order valence-electron chi connectivity index (χ2n) is 5.81. The Morgan fingerprint density at radius 2 is 2.07 bits per heavy atom. The molecule has 27 heavy (non-hydrogen) atoms. The molecule has 2 aromatic carbocycles. The Morgan fingerprint density at radius 1 is 1.22 bits per heavy atom. The number of aromatic nitrogens is 5. The highest BCUT2D eigenvalue weighted by atomic mass is 19.1. The number of benzene rings is 2. The van der Waals surface area contributed by atoms with Crippen molar-refractivity contribution in [2.75, 3.05) is 5.32 Å². The van der Waals surface area contributed by atoms with Gasteiger partial charge >= 0.3 is 0 Å². The maximum absolute atomic E-state index is 13.3. The number of rotatable bonds is 5. The Hall–Kier alpha value is -3.88. The molecule has 0 unspecified atom stereocenters. The molecule has 9 heteroatoms. The first kappa shape index (κ1) is 16.6. The van der Waals surface area contributed by atoms with Crippen molar-refractivity contribution < 1.29 is 9.18 Å². The average molecular weight is 363 g/mol. The van der Waals surface area contributed by atoms with Gasteiger partial charge < -0.3 is 11.1 Å². The lowest BCUT2D eigenvalue weighted by atomic mass is 10.1. The van der Waals surface area contributed by atoms with Crippen molar-refractivity contribution in [1.29, 1.82) is 0 Å². The fourth-order valence-electron chi connectivity index (χ4n) is 2.75. The van der Waals surface area contributed by atoms with Crippen molar-refractivity contribution in [1.82, 2.24) is 25.4 Å². The van der Waals surface area contributed by atoms with Gasteiger partial charge in [-0.25, -0.2) is 9.37 Å². The minimum atomic E-state index is -0.555. The van der Waals surface area contributed by atoms with Crippen LogP contribution in [-0.4, -0.2) is 31.3 Å². The number of hydrogen-bond donors (Lipinski definition) is 3. The number of primary amides is 1. The van der Waals surface area contributed by atoms with Crippen molar-refractivity contribution in [3.63, 3.8) is 0 Å². The van der Waals surface area contributed by atoms with Crippen molar-refractivity contribution in [2.45, 2.75) is 6.54 Å². The van der Waals surface area contributed by atoms with E-state index in [1.54, 1.807) is 30.3 Å². The van der Waals surface area contributed by atoms with E-state index < -0.39 is 5.91 Å². The summed E-state index contributed by atoms with van der Waals surface area (Å²) < 4.78 is 13.3. The predicted molar refractivity (Wildman–Crippen MR) is 97.2 cm³/mol. The number of amides is 1. The molecule has 4 N–H and O–H groups in total. The summed E-state index contributed by atoms with van der Waals surface area (Å²) >= 11 is 0. The zero-order valence-electron chi connectivity index (χ0n) is 14.0. The lowest BCUT2D eigenvalue weighted by Crippen LogP contribution is -2.11. The van der Waals surface area contributed by atoms with Gasteiger partial charge in [-0.2, -0.15) is 10.2 Å². The van der Waals surface area contributed by atoms with Crippen LogP contribution in [-0.2, 0) is 6.54 Å². The number of nitrogens with zero attached hydrogens (tertiary/aromatic N) is 4. The number of nitrogens with two attached hydrogens (primary N) is 1. The standard InChI is InChI=1S/C18H14FN7O/c19-11-4-1-3-10(7-11)8-21-14-9-22-26-18(23-14)16-12-5-2-6-13(17(20)27)15(12)24-25-16/h1-7,9H,8H2,(H2,20,27)(H,24,25)(H,21,23,26). The first-order valence-corrected chi connectivity index (χ1v) is 8.07. The molecular weight excluding hydrogens is 349 g/mol. The first-order valence-electron chi connectivity index (χ1n) is 8.07. The van der Waals surface area contributed by atoms with Crippen LogP contribution in [0.15, 0.2) is 48.7 Å². The topological polar surface area (TPSA) is 122 Å². The van der Waals surface area contributed by atoms with Crippen molar-refractivity contribution in [3.8, 4) is 11.5 Å². The third-order valence-corrected chi connectivity index (χ3v) is 4.00. The van der Waals surface area contributed by atoms with E-state index in [9.17, 15) is 9.18 Å². The number of carbonyl (C=O) groups is 1. The SMILES string of the molecule is NC(=O)c1cccc2c(-c3nncc(NCc4cccc(F)c4)n3)n[nH]c12. The minimum absolute atomic E-state index is 0.284.